The van der Waals surface area contributed by atoms with Crippen molar-refractivity contribution in [2.45, 2.75) is 39.0 Å². The molecule has 1 aliphatic rings. The minimum absolute atomic E-state index is 0.279. The Morgan fingerprint density at radius 2 is 2.05 bits per heavy atom. The van der Waals surface area contributed by atoms with Crippen molar-refractivity contribution in [3.05, 3.63) is 29.8 Å². The molecule has 0 unspecified atom stereocenters. The summed E-state index contributed by atoms with van der Waals surface area (Å²) in [5.41, 5.74) is 2.06. The number of likely N-dealkylation sites (N-methyl/N-ethyl adjacent to an activating group) is 1. The molecule has 2 heteroatoms. The van der Waals surface area contributed by atoms with E-state index >= 15 is 0 Å². The number of nitrogens with zero attached hydrogens (tertiary/aromatic N) is 1. The molecule has 1 saturated heterocycles. The van der Waals surface area contributed by atoms with Gasteiger partial charge < -0.3 is 9.64 Å². The Bertz CT molecular complexity index is 435. The third kappa shape index (κ3) is 3.30. The van der Waals surface area contributed by atoms with Crippen molar-refractivity contribution in [3.8, 4) is 5.75 Å². The molecule has 0 aromatic heterocycles. The van der Waals surface area contributed by atoms with Gasteiger partial charge in [0.2, 0.25) is 0 Å². The quantitative estimate of drug-likeness (QED) is 0.822. The highest BCUT2D eigenvalue weighted by atomic mass is 16.5. The van der Waals surface area contributed by atoms with Crippen molar-refractivity contribution < 1.29 is 4.74 Å². The summed E-state index contributed by atoms with van der Waals surface area (Å²) < 4.78 is 5.40. The standard InChI is InChI=1S/C17H27NO/c1-16(2,3)12-17(9-10-18(4)13-17)14-7-6-8-15(11-14)19-5/h6-8,11H,9-10,12-13H2,1-5H3/t17-/m1/s1. The molecule has 1 aliphatic heterocycles. The van der Waals surface area contributed by atoms with Gasteiger partial charge in [-0.1, -0.05) is 32.9 Å². The number of methoxy groups -OCH3 is 1. The monoisotopic (exact) mass is 261 g/mol. The number of ether oxygens (including phenoxy) is 1. The molecule has 0 aliphatic carbocycles. The summed E-state index contributed by atoms with van der Waals surface area (Å²) >= 11 is 0. The number of likely N-dealkylation sites (tertiary alicyclic amines) is 1. The molecular formula is C17H27NO. The SMILES string of the molecule is COc1cccc([C@@]2(CC(C)(C)C)CCN(C)C2)c1. The Morgan fingerprint density at radius 1 is 1.32 bits per heavy atom. The summed E-state index contributed by atoms with van der Waals surface area (Å²) in [6.07, 6.45) is 2.46. The van der Waals surface area contributed by atoms with E-state index in [9.17, 15) is 0 Å². The molecule has 0 saturated carbocycles. The van der Waals surface area contributed by atoms with E-state index in [-0.39, 0.29) is 5.41 Å². The van der Waals surface area contributed by atoms with E-state index in [0.29, 0.717) is 5.41 Å². The molecule has 1 aromatic rings. The zero-order valence-corrected chi connectivity index (χ0v) is 13.0. The molecule has 1 heterocycles. The topological polar surface area (TPSA) is 12.5 Å². The molecule has 2 nitrogen and oxygen atoms in total. The molecule has 0 radical (unpaired) electrons. The first-order valence-corrected chi connectivity index (χ1v) is 7.18. The molecule has 1 aromatic carbocycles. The van der Waals surface area contributed by atoms with E-state index in [0.717, 1.165) is 12.3 Å². The summed E-state index contributed by atoms with van der Waals surface area (Å²) in [5, 5.41) is 0. The first kappa shape index (κ1) is 14.4. The van der Waals surface area contributed by atoms with Gasteiger partial charge in [0.05, 0.1) is 7.11 Å². The van der Waals surface area contributed by atoms with Crippen molar-refractivity contribution in [3.63, 3.8) is 0 Å². The molecule has 1 atom stereocenters. The van der Waals surface area contributed by atoms with E-state index in [1.165, 1.54) is 24.9 Å². The first-order chi connectivity index (χ1) is 8.85. The predicted molar refractivity (Wildman–Crippen MR) is 80.9 cm³/mol. The fraction of sp³-hybridized carbons (Fsp3) is 0.647. The van der Waals surface area contributed by atoms with Crippen molar-refractivity contribution >= 4 is 0 Å². The number of benzene rings is 1. The van der Waals surface area contributed by atoms with Crippen LogP contribution in [0.25, 0.3) is 0 Å². The lowest BCUT2D eigenvalue weighted by atomic mass is 9.69. The smallest absolute Gasteiger partial charge is 0.119 e. The summed E-state index contributed by atoms with van der Waals surface area (Å²) in [7, 11) is 3.97. The Balaban J connectivity index is 2.37. The number of rotatable bonds is 3. The van der Waals surface area contributed by atoms with Gasteiger partial charge in [-0.25, -0.2) is 0 Å². The zero-order chi connectivity index (χ0) is 14.1. The minimum Gasteiger partial charge on any atom is -0.497 e. The minimum atomic E-state index is 0.279. The summed E-state index contributed by atoms with van der Waals surface area (Å²) in [5.74, 6) is 0.973. The van der Waals surface area contributed by atoms with Crippen LogP contribution < -0.4 is 4.74 Å². The highest BCUT2D eigenvalue weighted by molar-refractivity contribution is 5.35. The van der Waals surface area contributed by atoms with E-state index in [1.54, 1.807) is 7.11 Å². The largest absolute Gasteiger partial charge is 0.497 e. The highest BCUT2D eigenvalue weighted by Gasteiger charge is 2.41. The highest BCUT2D eigenvalue weighted by Crippen LogP contribution is 2.43. The second-order valence-corrected chi connectivity index (χ2v) is 7.24. The van der Waals surface area contributed by atoms with Gasteiger partial charge in [-0.05, 0) is 49.5 Å². The fourth-order valence-electron chi connectivity index (χ4n) is 3.53. The molecule has 19 heavy (non-hydrogen) atoms. The maximum Gasteiger partial charge on any atom is 0.119 e. The Morgan fingerprint density at radius 3 is 2.58 bits per heavy atom. The molecule has 106 valence electrons. The van der Waals surface area contributed by atoms with Gasteiger partial charge in [-0.3, -0.25) is 0 Å². The van der Waals surface area contributed by atoms with Gasteiger partial charge in [0.15, 0.2) is 0 Å². The maximum atomic E-state index is 5.40. The third-order valence-electron chi connectivity index (χ3n) is 4.10. The van der Waals surface area contributed by atoms with Gasteiger partial charge in [0.25, 0.3) is 0 Å². The van der Waals surface area contributed by atoms with Crippen molar-refractivity contribution in [1.29, 1.82) is 0 Å². The van der Waals surface area contributed by atoms with Crippen LogP contribution in [0.1, 0.15) is 39.2 Å². The van der Waals surface area contributed by atoms with Crippen LogP contribution in [0.15, 0.2) is 24.3 Å². The van der Waals surface area contributed by atoms with Gasteiger partial charge in [0, 0.05) is 12.0 Å². The van der Waals surface area contributed by atoms with E-state index in [4.69, 9.17) is 4.74 Å². The lowest BCUT2D eigenvalue weighted by Crippen LogP contribution is -2.34. The van der Waals surface area contributed by atoms with Gasteiger partial charge in [-0.2, -0.15) is 0 Å². The first-order valence-electron chi connectivity index (χ1n) is 7.18. The van der Waals surface area contributed by atoms with Crippen molar-refractivity contribution in [1.82, 2.24) is 4.90 Å². The van der Waals surface area contributed by atoms with Crippen molar-refractivity contribution in [2.24, 2.45) is 5.41 Å². The van der Waals surface area contributed by atoms with E-state index in [1.807, 2.05) is 6.07 Å². The Hall–Kier alpha value is -1.02. The molecule has 0 spiro atoms. The van der Waals surface area contributed by atoms with Crippen molar-refractivity contribution in [2.75, 3.05) is 27.2 Å². The van der Waals surface area contributed by atoms with E-state index in [2.05, 4.69) is 50.9 Å². The summed E-state index contributed by atoms with van der Waals surface area (Å²) in [4.78, 5) is 2.45. The molecule has 0 N–H and O–H groups in total. The maximum absolute atomic E-state index is 5.40. The van der Waals surface area contributed by atoms with Gasteiger partial charge >= 0.3 is 0 Å². The molecule has 2 rings (SSSR count). The normalized spacial score (nSPS) is 24.7. The average Bonchev–Trinajstić information content (AvgIpc) is 2.70. The van der Waals surface area contributed by atoms with Crippen LogP contribution in [0.2, 0.25) is 0 Å². The van der Waals surface area contributed by atoms with Crippen LogP contribution in [-0.4, -0.2) is 32.1 Å². The molecule has 1 fully saturated rings. The van der Waals surface area contributed by atoms with Crippen LogP contribution in [0.4, 0.5) is 0 Å². The van der Waals surface area contributed by atoms with E-state index < -0.39 is 0 Å². The summed E-state index contributed by atoms with van der Waals surface area (Å²) in [6, 6.07) is 8.65. The number of hydrogen-bond donors (Lipinski definition) is 0. The second-order valence-electron chi connectivity index (χ2n) is 7.24. The van der Waals surface area contributed by atoms with Crippen LogP contribution >= 0.6 is 0 Å². The fourth-order valence-corrected chi connectivity index (χ4v) is 3.53. The molecule has 0 bridgehead atoms. The Kier molecular flexibility index (Phi) is 3.91. The van der Waals surface area contributed by atoms with Crippen LogP contribution in [0.3, 0.4) is 0 Å². The predicted octanol–water partition coefficient (Wildman–Crippen LogP) is 3.70. The second kappa shape index (κ2) is 5.16. The van der Waals surface area contributed by atoms with Crippen LogP contribution in [-0.2, 0) is 5.41 Å². The van der Waals surface area contributed by atoms with Gasteiger partial charge in [0.1, 0.15) is 5.75 Å². The summed E-state index contributed by atoms with van der Waals surface area (Å²) in [6.45, 7) is 9.36. The third-order valence-corrected chi connectivity index (χ3v) is 4.10. The lowest BCUT2D eigenvalue weighted by molar-refractivity contribution is 0.249. The Labute approximate surface area is 117 Å². The molecule has 0 amide bonds. The average molecular weight is 261 g/mol. The lowest BCUT2D eigenvalue weighted by Gasteiger charge is -2.36. The van der Waals surface area contributed by atoms with Crippen LogP contribution in [0.5, 0.6) is 5.75 Å². The van der Waals surface area contributed by atoms with Crippen LogP contribution in [0, 0.1) is 5.41 Å². The van der Waals surface area contributed by atoms with Gasteiger partial charge in [-0.15, -0.1) is 0 Å². The number of hydrogen-bond acceptors (Lipinski definition) is 2. The zero-order valence-electron chi connectivity index (χ0n) is 13.0. The molecular weight excluding hydrogens is 234 g/mol.